The number of hydrogen-bond acceptors (Lipinski definition) is 2. The third-order valence-electron chi connectivity index (χ3n) is 1.35. The molecule has 0 saturated carbocycles. The minimum atomic E-state index is -2.73. The van der Waals surface area contributed by atoms with Crippen LogP contribution in [0.5, 0.6) is 0 Å². The van der Waals surface area contributed by atoms with Gasteiger partial charge in [0.1, 0.15) is 11.2 Å². The molecule has 0 unspecified atom stereocenters. The van der Waals surface area contributed by atoms with Gasteiger partial charge in [0.2, 0.25) is 0 Å². The van der Waals surface area contributed by atoms with Gasteiger partial charge in [-0.1, -0.05) is 11.6 Å². The predicted octanol–water partition coefficient (Wildman–Crippen LogP) is 3.31. The lowest BCUT2D eigenvalue weighted by molar-refractivity contribution is 0.150. The molecule has 1 aromatic rings. The standard InChI is InChI=1S/C7H2BrClF2N2/c8-5-3(1-12)4(7(10)11)2-13-6(5)9/h2,7H. The Bertz CT molecular complexity index is 375. The maximum Gasteiger partial charge on any atom is 0.266 e. The van der Waals surface area contributed by atoms with Gasteiger partial charge in [-0.25, -0.2) is 13.8 Å². The van der Waals surface area contributed by atoms with Crippen LogP contribution in [0.3, 0.4) is 0 Å². The third kappa shape index (κ3) is 1.95. The van der Waals surface area contributed by atoms with E-state index in [4.69, 9.17) is 16.9 Å². The van der Waals surface area contributed by atoms with Gasteiger partial charge in [0, 0.05) is 6.20 Å². The van der Waals surface area contributed by atoms with E-state index in [0.29, 0.717) is 0 Å². The summed E-state index contributed by atoms with van der Waals surface area (Å²) in [6.07, 6.45) is -1.83. The monoisotopic (exact) mass is 266 g/mol. The molecule has 0 N–H and O–H groups in total. The van der Waals surface area contributed by atoms with E-state index in [0.717, 1.165) is 6.20 Å². The van der Waals surface area contributed by atoms with E-state index in [9.17, 15) is 8.78 Å². The number of hydrogen-bond donors (Lipinski definition) is 0. The SMILES string of the molecule is N#Cc1c(C(F)F)cnc(Cl)c1Br. The summed E-state index contributed by atoms with van der Waals surface area (Å²) in [7, 11) is 0. The van der Waals surface area contributed by atoms with E-state index in [1.807, 2.05) is 0 Å². The first-order valence-corrected chi connectivity index (χ1v) is 4.27. The first kappa shape index (κ1) is 10.4. The summed E-state index contributed by atoms with van der Waals surface area (Å²) in [6, 6.07) is 1.63. The lowest BCUT2D eigenvalue weighted by atomic mass is 10.2. The molecule has 68 valence electrons. The Morgan fingerprint density at radius 1 is 1.62 bits per heavy atom. The van der Waals surface area contributed by atoms with E-state index < -0.39 is 12.0 Å². The van der Waals surface area contributed by atoms with Crippen molar-refractivity contribution in [3.63, 3.8) is 0 Å². The molecule has 1 rings (SSSR count). The minimum absolute atomic E-state index is 0.000880. The van der Waals surface area contributed by atoms with Gasteiger partial charge in [-0.2, -0.15) is 5.26 Å². The maximum absolute atomic E-state index is 12.3. The molecule has 0 aromatic carbocycles. The zero-order valence-electron chi connectivity index (χ0n) is 6.06. The second-order valence-corrected chi connectivity index (χ2v) is 3.26. The summed E-state index contributed by atoms with van der Waals surface area (Å²) >= 11 is 8.42. The molecule has 2 nitrogen and oxygen atoms in total. The number of pyridine rings is 1. The first-order chi connectivity index (χ1) is 6.07. The van der Waals surface area contributed by atoms with Crippen LogP contribution in [0.1, 0.15) is 17.6 Å². The first-order valence-electron chi connectivity index (χ1n) is 3.10. The Labute approximate surface area is 86.3 Å². The molecule has 0 bridgehead atoms. The van der Waals surface area contributed by atoms with Crippen LogP contribution < -0.4 is 0 Å². The fourth-order valence-corrected chi connectivity index (χ4v) is 1.32. The number of aromatic nitrogens is 1. The van der Waals surface area contributed by atoms with Gasteiger partial charge in [-0.3, -0.25) is 0 Å². The highest BCUT2D eigenvalue weighted by atomic mass is 79.9. The summed E-state index contributed by atoms with van der Waals surface area (Å²) < 4.78 is 24.6. The molecule has 0 amide bonds. The van der Waals surface area contributed by atoms with Crippen LogP contribution in [0, 0.1) is 11.3 Å². The van der Waals surface area contributed by atoms with Crippen molar-refractivity contribution in [2.45, 2.75) is 6.43 Å². The van der Waals surface area contributed by atoms with Crippen molar-refractivity contribution in [1.29, 1.82) is 5.26 Å². The van der Waals surface area contributed by atoms with Crippen molar-refractivity contribution < 1.29 is 8.78 Å². The second-order valence-electron chi connectivity index (χ2n) is 2.11. The molecule has 0 aliphatic heterocycles. The van der Waals surface area contributed by atoms with Crippen molar-refractivity contribution in [1.82, 2.24) is 4.98 Å². The van der Waals surface area contributed by atoms with E-state index in [-0.39, 0.29) is 15.2 Å². The van der Waals surface area contributed by atoms with E-state index >= 15 is 0 Å². The lowest BCUT2D eigenvalue weighted by Gasteiger charge is -2.04. The summed E-state index contributed by atoms with van der Waals surface area (Å²) in [6.45, 7) is 0. The average Bonchev–Trinajstić information content (AvgIpc) is 2.09. The van der Waals surface area contributed by atoms with E-state index in [1.54, 1.807) is 6.07 Å². The van der Waals surface area contributed by atoms with Crippen molar-refractivity contribution >= 4 is 27.5 Å². The van der Waals surface area contributed by atoms with Gasteiger partial charge in [-0.05, 0) is 15.9 Å². The molecule has 0 fully saturated rings. The maximum atomic E-state index is 12.3. The number of nitriles is 1. The number of alkyl halides is 2. The third-order valence-corrected chi connectivity index (χ3v) is 2.64. The highest BCUT2D eigenvalue weighted by molar-refractivity contribution is 9.10. The van der Waals surface area contributed by atoms with Gasteiger partial charge in [0.05, 0.1) is 15.6 Å². The fraction of sp³-hybridized carbons (Fsp3) is 0.143. The average molecular weight is 267 g/mol. The van der Waals surface area contributed by atoms with Crippen molar-refractivity contribution in [3.05, 3.63) is 26.9 Å². The molecule has 6 heteroatoms. The summed E-state index contributed by atoms with van der Waals surface area (Å²) in [5.41, 5.74) is -0.589. The van der Waals surface area contributed by atoms with Crippen LogP contribution in [0.2, 0.25) is 5.15 Å². The van der Waals surface area contributed by atoms with Crippen LogP contribution in [-0.2, 0) is 0 Å². The quantitative estimate of drug-likeness (QED) is 0.732. The van der Waals surface area contributed by atoms with Crippen LogP contribution >= 0.6 is 27.5 Å². The Kier molecular flexibility index (Phi) is 3.17. The lowest BCUT2D eigenvalue weighted by Crippen LogP contribution is -1.94. The van der Waals surface area contributed by atoms with Gasteiger partial charge < -0.3 is 0 Å². The molecule has 0 saturated heterocycles. The topological polar surface area (TPSA) is 36.7 Å². The van der Waals surface area contributed by atoms with Crippen LogP contribution in [0.4, 0.5) is 8.78 Å². The summed E-state index contributed by atoms with van der Waals surface area (Å²) in [5.74, 6) is 0. The van der Waals surface area contributed by atoms with E-state index in [2.05, 4.69) is 20.9 Å². The second kappa shape index (κ2) is 3.99. The highest BCUT2D eigenvalue weighted by Gasteiger charge is 2.17. The normalized spacial score (nSPS) is 10.2. The molecule has 1 aromatic heterocycles. The zero-order valence-corrected chi connectivity index (χ0v) is 8.40. The molecule has 0 radical (unpaired) electrons. The molecule has 1 heterocycles. The van der Waals surface area contributed by atoms with Crippen molar-refractivity contribution in [3.8, 4) is 6.07 Å². The molecule has 0 aliphatic carbocycles. The minimum Gasteiger partial charge on any atom is -0.243 e. The molecule has 0 aliphatic rings. The van der Waals surface area contributed by atoms with Gasteiger partial charge in [0.25, 0.3) is 6.43 Å². The summed E-state index contributed by atoms with van der Waals surface area (Å²) in [4.78, 5) is 3.50. The smallest absolute Gasteiger partial charge is 0.243 e. The molecular weight excluding hydrogens is 265 g/mol. The Hall–Kier alpha value is -0.730. The van der Waals surface area contributed by atoms with Crippen molar-refractivity contribution in [2.24, 2.45) is 0 Å². The summed E-state index contributed by atoms with van der Waals surface area (Å²) in [5, 5.41) is 8.57. The van der Waals surface area contributed by atoms with Crippen LogP contribution in [-0.4, -0.2) is 4.98 Å². The van der Waals surface area contributed by atoms with Gasteiger partial charge in [0.15, 0.2) is 0 Å². The predicted molar refractivity (Wildman–Crippen MR) is 46.6 cm³/mol. The highest BCUT2D eigenvalue weighted by Crippen LogP contribution is 2.31. The Balaban J connectivity index is 3.41. The number of rotatable bonds is 1. The van der Waals surface area contributed by atoms with Gasteiger partial charge >= 0.3 is 0 Å². The largest absolute Gasteiger partial charge is 0.266 e. The fourth-order valence-electron chi connectivity index (χ4n) is 0.756. The Morgan fingerprint density at radius 3 is 2.69 bits per heavy atom. The van der Waals surface area contributed by atoms with Gasteiger partial charge in [-0.15, -0.1) is 0 Å². The molecule has 0 atom stereocenters. The molecule has 0 spiro atoms. The molecular formula is C7H2BrClF2N2. The Morgan fingerprint density at radius 2 is 2.23 bits per heavy atom. The van der Waals surface area contributed by atoms with Crippen LogP contribution in [0.15, 0.2) is 10.7 Å². The number of halogens is 4. The zero-order chi connectivity index (χ0) is 10.0. The number of nitrogens with zero attached hydrogens (tertiary/aromatic N) is 2. The molecule has 13 heavy (non-hydrogen) atoms. The van der Waals surface area contributed by atoms with Crippen LogP contribution in [0.25, 0.3) is 0 Å². The van der Waals surface area contributed by atoms with Crippen molar-refractivity contribution in [2.75, 3.05) is 0 Å². The van der Waals surface area contributed by atoms with E-state index in [1.165, 1.54) is 0 Å².